The molecule has 0 aliphatic heterocycles. The van der Waals surface area contributed by atoms with Crippen LogP contribution in [0.5, 0.6) is 11.5 Å². The van der Waals surface area contributed by atoms with Gasteiger partial charge in [0.25, 0.3) is 0 Å². The summed E-state index contributed by atoms with van der Waals surface area (Å²) >= 11 is 0. The molecule has 1 aliphatic rings. The van der Waals surface area contributed by atoms with Crippen LogP contribution in [0.2, 0.25) is 0 Å². The number of methoxy groups -OCH3 is 1. The van der Waals surface area contributed by atoms with Gasteiger partial charge >= 0.3 is 0 Å². The number of hydrogen-bond acceptors (Lipinski definition) is 5. The van der Waals surface area contributed by atoms with Crippen molar-refractivity contribution in [3.05, 3.63) is 53.9 Å². The molecule has 152 valence electrons. The average molecular weight is 384 g/mol. The molecule has 1 heterocycles. The molecule has 0 saturated heterocycles. The van der Waals surface area contributed by atoms with Crippen LogP contribution in [0.15, 0.2) is 42.7 Å². The molecule has 28 heavy (non-hydrogen) atoms. The van der Waals surface area contributed by atoms with Gasteiger partial charge in [0, 0.05) is 38.6 Å². The number of ether oxygens (including phenoxy) is 2. The Balaban J connectivity index is 1.69. The summed E-state index contributed by atoms with van der Waals surface area (Å²) in [6, 6.07) is 10.5. The second kappa shape index (κ2) is 10.4. The Labute approximate surface area is 169 Å². The molecule has 5 heteroatoms. The smallest absolute Gasteiger partial charge is 0.161 e. The highest BCUT2D eigenvalue weighted by atomic mass is 16.5. The maximum absolute atomic E-state index is 6.18. The summed E-state index contributed by atoms with van der Waals surface area (Å²) < 4.78 is 11.8. The zero-order chi connectivity index (χ0) is 19.8. The Morgan fingerprint density at radius 2 is 1.79 bits per heavy atom. The monoisotopic (exact) mass is 383 g/mol. The zero-order valence-electron chi connectivity index (χ0n) is 17.4. The molecule has 0 amide bonds. The normalized spacial score (nSPS) is 14.8. The highest BCUT2D eigenvalue weighted by Gasteiger charge is 2.19. The lowest BCUT2D eigenvalue weighted by Gasteiger charge is -2.25. The third-order valence-corrected chi connectivity index (χ3v) is 5.22. The van der Waals surface area contributed by atoms with Crippen LogP contribution < -0.4 is 9.47 Å². The molecular weight excluding hydrogens is 350 g/mol. The van der Waals surface area contributed by atoms with E-state index in [4.69, 9.17) is 9.47 Å². The van der Waals surface area contributed by atoms with E-state index in [-0.39, 0.29) is 0 Å². The fourth-order valence-corrected chi connectivity index (χ4v) is 3.66. The van der Waals surface area contributed by atoms with E-state index in [9.17, 15) is 0 Å². The first-order valence-corrected chi connectivity index (χ1v) is 10.2. The second-order valence-corrected chi connectivity index (χ2v) is 7.88. The van der Waals surface area contributed by atoms with Crippen LogP contribution in [-0.2, 0) is 13.1 Å². The number of aromatic nitrogens is 1. The Morgan fingerprint density at radius 1 is 1.00 bits per heavy atom. The zero-order valence-corrected chi connectivity index (χ0v) is 17.4. The van der Waals surface area contributed by atoms with Crippen LogP contribution in [0.25, 0.3) is 0 Å². The van der Waals surface area contributed by atoms with E-state index < -0.39 is 0 Å². The van der Waals surface area contributed by atoms with Gasteiger partial charge in [-0.15, -0.1) is 0 Å². The first-order valence-electron chi connectivity index (χ1n) is 10.2. The van der Waals surface area contributed by atoms with Crippen molar-refractivity contribution in [2.24, 2.45) is 0 Å². The summed E-state index contributed by atoms with van der Waals surface area (Å²) in [7, 11) is 5.95. The molecule has 0 atom stereocenters. The highest BCUT2D eigenvalue weighted by molar-refractivity contribution is 5.43. The molecule has 0 spiro atoms. The van der Waals surface area contributed by atoms with Crippen molar-refractivity contribution in [2.75, 3.05) is 34.3 Å². The van der Waals surface area contributed by atoms with Gasteiger partial charge in [0.2, 0.25) is 0 Å². The number of benzene rings is 1. The third-order valence-electron chi connectivity index (χ3n) is 5.22. The van der Waals surface area contributed by atoms with Crippen molar-refractivity contribution in [3.8, 4) is 11.5 Å². The lowest BCUT2D eigenvalue weighted by atomic mass is 10.1. The molecule has 2 aromatic rings. The first kappa shape index (κ1) is 20.6. The van der Waals surface area contributed by atoms with Gasteiger partial charge in [-0.1, -0.05) is 12.1 Å². The van der Waals surface area contributed by atoms with Gasteiger partial charge < -0.3 is 14.4 Å². The van der Waals surface area contributed by atoms with E-state index >= 15 is 0 Å². The van der Waals surface area contributed by atoms with Crippen molar-refractivity contribution >= 4 is 0 Å². The van der Waals surface area contributed by atoms with Gasteiger partial charge in [-0.2, -0.15) is 0 Å². The van der Waals surface area contributed by atoms with Crippen molar-refractivity contribution in [3.63, 3.8) is 0 Å². The molecular formula is C23H33N3O2. The SMILES string of the molecule is COc1cc(CN(CCN(C)C)Cc2cccnc2)ccc1OC1CCCC1. The maximum atomic E-state index is 6.18. The summed E-state index contributed by atoms with van der Waals surface area (Å²) in [5.41, 5.74) is 2.47. The Hall–Kier alpha value is -2.11. The van der Waals surface area contributed by atoms with Crippen LogP contribution in [0.3, 0.4) is 0 Å². The molecule has 0 unspecified atom stereocenters. The molecule has 0 N–H and O–H groups in total. The van der Waals surface area contributed by atoms with E-state index in [0.29, 0.717) is 6.10 Å². The fourth-order valence-electron chi connectivity index (χ4n) is 3.66. The topological polar surface area (TPSA) is 37.8 Å². The van der Waals surface area contributed by atoms with Gasteiger partial charge in [0.1, 0.15) is 0 Å². The number of likely N-dealkylation sites (N-methyl/N-ethyl adjacent to an activating group) is 1. The number of hydrogen-bond donors (Lipinski definition) is 0. The van der Waals surface area contributed by atoms with Gasteiger partial charge in [0.15, 0.2) is 11.5 Å². The van der Waals surface area contributed by atoms with Gasteiger partial charge in [-0.3, -0.25) is 9.88 Å². The van der Waals surface area contributed by atoms with E-state index in [1.807, 2.05) is 18.5 Å². The summed E-state index contributed by atoms with van der Waals surface area (Å²) in [4.78, 5) is 8.92. The third kappa shape index (κ3) is 6.21. The van der Waals surface area contributed by atoms with Crippen molar-refractivity contribution < 1.29 is 9.47 Å². The van der Waals surface area contributed by atoms with E-state index in [0.717, 1.165) is 50.5 Å². The Bertz CT molecular complexity index is 715. The van der Waals surface area contributed by atoms with E-state index in [2.05, 4.69) is 53.1 Å². The van der Waals surface area contributed by atoms with Gasteiger partial charge in [-0.05, 0) is 69.1 Å². The molecule has 0 radical (unpaired) electrons. The predicted molar refractivity (Wildman–Crippen MR) is 113 cm³/mol. The predicted octanol–water partition coefficient (Wildman–Crippen LogP) is 3.98. The highest BCUT2D eigenvalue weighted by Crippen LogP contribution is 2.32. The molecule has 1 aliphatic carbocycles. The van der Waals surface area contributed by atoms with Crippen molar-refractivity contribution in [1.82, 2.24) is 14.8 Å². The van der Waals surface area contributed by atoms with Gasteiger partial charge in [0.05, 0.1) is 13.2 Å². The second-order valence-electron chi connectivity index (χ2n) is 7.88. The summed E-state index contributed by atoms with van der Waals surface area (Å²) in [5, 5.41) is 0. The van der Waals surface area contributed by atoms with Crippen LogP contribution in [-0.4, -0.2) is 55.2 Å². The number of pyridine rings is 1. The van der Waals surface area contributed by atoms with Crippen LogP contribution in [0, 0.1) is 0 Å². The lowest BCUT2D eigenvalue weighted by molar-refractivity contribution is 0.200. The molecule has 1 fully saturated rings. The van der Waals surface area contributed by atoms with Crippen LogP contribution in [0.4, 0.5) is 0 Å². The molecule has 5 nitrogen and oxygen atoms in total. The minimum atomic E-state index is 0.335. The number of nitrogens with zero attached hydrogens (tertiary/aromatic N) is 3. The van der Waals surface area contributed by atoms with Gasteiger partial charge in [-0.25, -0.2) is 0 Å². The molecule has 1 saturated carbocycles. The maximum Gasteiger partial charge on any atom is 0.161 e. The van der Waals surface area contributed by atoms with Crippen molar-refractivity contribution in [2.45, 2.75) is 44.9 Å². The standard InChI is InChI=1S/C23H33N3O2/c1-25(2)13-14-26(18-20-7-6-12-24-16-20)17-19-10-11-22(23(15-19)27-3)28-21-8-4-5-9-21/h6-7,10-12,15-16,21H,4-5,8-9,13-14,17-18H2,1-3H3. The van der Waals surface area contributed by atoms with Crippen LogP contribution >= 0.6 is 0 Å². The molecule has 1 aromatic carbocycles. The average Bonchev–Trinajstić information content (AvgIpc) is 3.21. The first-order chi connectivity index (χ1) is 13.6. The number of rotatable bonds is 10. The summed E-state index contributed by atoms with van der Waals surface area (Å²) in [6.45, 7) is 3.75. The largest absolute Gasteiger partial charge is 0.493 e. The molecule has 3 rings (SSSR count). The van der Waals surface area contributed by atoms with E-state index in [1.54, 1.807) is 7.11 Å². The summed E-state index contributed by atoms with van der Waals surface area (Å²) in [6.07, 6.45) is 8.92. The molecule has 0 bridgehead atoms. The minimum Gasteiger partial charge on any atom is -0.493 e. The Morgan fingerprint density at radius 3 is 2.46 bits per heavy atom. The minimum absolute atomic E-state index is 0.335. The van der Waals surface area contributed by atoms with E-state index in [1.165, 1.54) is 24.0 Å². The molecule has 1 aromatic heterocycles. The van der Waals surface area contributed by atoms with Crippen LogP contribution in [0.1, 0.15) is 36.8 Å². The quantitative estimate of drug-likeness (QED) is 0.620. The summed E-state index contributed by atoms with van der Waals surface area (Å²) in [5.74, 6) is 1.70. The lowest BCUT2D eigenvalue weighted by Crippen LogP contribution is -2.31. The van der Waals surface area contributed by atoms with Crippen molar-refractivity contribution in [1.29, 1.82) is 0 Å². The Kier molecular flexibility index (Phi) is 7.69. The fraction of sp³-hybridized carbons (Fsp3) is 0.522.